The summed E-state index contributed by atoms with van der Waals surface area (Å²) in [6.45, 7) is 0.637. The highest BCUT2D eigenvalue weighted by atomic mass is 35.5. The van der Waals surface area contributed by atoms with E-state index >= 15 is 8.78 Å². The molecule has 2 fully saturated rings. The van der Waals surface area contributed by atoms with E-state index < -0.39 is 45.8 Å². The number of carboxylic acid groups (broad SMARTS) is 1. The van der Waals surface area contributed by atoms with Crippen LogP contribution in [0, 0.1) is 11.6 Å². The summed E-state index contributed by atoms with van der Waals surface area (Å²) in [5.74, 6) is -3.32. The van der Waals surface area contributed by atoms with E-state index in [2.05, 4.69) is 0 Å². The predicted molar refractivity (Wildman–Crippen MR) is 100 cm³/mol. The number of ether oxygens (including phenoxy) is 1. The van der Waals surface area contributed by atoms with Gasteiger partial charge in [0.25, 0.3) is 0 Å². The molecule has 3 N–H and O–H groups in total. The molecule has 2 heterocycles. The second-order valence-electron chi connectivity index (χ2n) is 7.02. The Morgan fingerprint density at radius 3 is 2.68 bits per heavy atom. The van der Waals surface area contributed by atoms with Gasteiger partial charge in [-0.3, -0.25) is 4.79 Å². The second kappa shape index (κ2) is 6.89. The molecule has 0 radical (unpaired) electrons. The van der Waals surface area contributed by atoms with Crippen molar-refractivity contribution in [2.45, 2.75) is 25.0 Å². The molecule has 1 aliphatic heterocycles. The van der Waals surface area contributed by atoms with Gasteiger partial charge in [-0.2, -0.15) is 0 Å². The molecule has 0 amide bonds. The quantitative estimate of drug-likeness (QED) is 0.589. The lowest BCUT2D eigenvalue weighted by molar-refractivity contribution is 0.0550. The minimum Gasteiger partial charge on any atom is -0.477 e. The number of benzene rings is 1. The number of hydrogen-bond donors (Lipinski definition) is 2. The number of fused-ring (bicyclic) bond motifs is 1. The van der Waals surface area contributed by atoms with Gasteiger partial charge in [-0.15, -0.1) is 11.6 Å². The van der Waals surface area contributed by atoms with Crippen molar-refractivity contribution in [3.63, 3.8) is 0 Å². The number of carboxylic acids is 1. The fourth-order valence-electron chi connectivity index (χ4n) is 3.64. The van der Waals surface area contributed by atoms with Gasteiger partial charge in [0.05, 0.1) is 35.2 Å². The number of aromatic carboxylic acids is 1. The molecular formula is C18H18ClF2N3O4. The number of morpholine rings is 1. The average molecular weight is 414 g/mol. The van der Waals surface area contributed by atoms with Gasteiger partial charge in [0.1, 0.15) is 11.3 Å². The maximum atomic E-state index is 15.6. The van der Waals surface area contributed by atoms with Crippen LogP contribution in [0.4, 0.5) is 20.2 Å². The Morgan fingerprint density at radius 1 is 1.36 bits per heavy atom. The van der Waals surface area contributed by atoms with Crippen molar-refractivity contribution in [2.24, 2.45) is 0 Å². The van der Waals surface area contributed by atoms with Crippen molar-refractivity contribution in [1.82, 2.24) is 4.57 Å². The third-order valence-electron chi connectivity index (χ3n) is 5.16. The zero-order valence-electron chi connectivity index (χ0n) is 14.8. The highest BCUT2D eigenvalue weighted by Crippen LogP contribution is 2.41. The van der Waals surface area contributed by atoms with Crippen LogP contribution in [0.5, 0.6) is 0 Å². The minimum atomic E-state index is -1.47. The van der Waals surface area contributed by atoms with E-state index in [1.165, 1.54) is 9.47 Å². The fourth-order valence-corrected chi connectivity index (χ4v) is 3.83. The summed E-state index contributed by atoms with van der Waals surface area (Å²) in [5, 5.41) is 8.88. The SMILES string of the molecule is Nc1c(F)c(N2CCOC(CCl)C2)c(F)c2c1c(=O)c(C(=O)O)cn2C1CC1. The van der Waals surface area contributed by atoms with Crippen LogP contribution < -0.4 is 16.1 Å². The van der Waals surface area contributed by atoms with Crippen LogP contribution >= 0.6 is 11.6 Å². The zero-order chi connectivity index (χ0) is 20.2. The predicted octanol–water partition coefficient (Wildman–Crippen LogP) is 2.34. The van der Waals surface area contributed by atoms with E-state index in [-0.39, 0.29) is 42.8 Å². The summed E-state index contributed by atoms with van der Waals surface area (Å²) >= 11 is 5.82. The number of alkyl halides is 1. The van der Waals surface area contributed by atoms with Crippen molar-refractivity contribution in [1.29, 1.82) is 0 Å². The largest absolute Gasteiger partial charge is 0.477 e. The van der Waals surface area contributed by atoms with Crippen LogP contribution in [0.25, 0.3) is 10.9 Å². The van der Waals surface area contributed by atoms with Crippen LogP contribution in [0.15, 0.2) is 11.0 Å². The first-order valence-electron chi connectivity index (χ1n) is 8.86. The zero-order valence-corrected chi connectivity index (χ0v) is 15.5. The van der Waals surface area contributed by atoms with Gasteiger partial charge in [0.15, 0.2) is 11.6 Å². The van der Waals surface area contributed by atoms with Gasteiger partial charge in [0, 0.05) is 25.3 Å². The van der Waals surface area contributed by atoms with E-state index in [0.29, 0.717) is 12.8 Å². The molecule has 1 unspecified atom stereocenters. The minimum absolute atomic E-state index is 0.159. The third kappa shape index (κ3) is 2.89. The van der Waals surface area contributed by atoms with Gasteiger partial charge in [-0.25, -0.2) is 13.6 Å². The maximum absolute atomic E-state index is 15.6. The fraction of sp³-hybridized carbons (Fsp3) is 0.444. The number of hydrogen-bond acceptors (Lipinski definition) is 5. The first kappa shape index (κ1) is 18.9. The molecule has 7 nitrogen and oxygen atoms in total. The summed E-state index contributed by atoms with van der Waals surface area (Å²) in [6, 6.07) is -0.159. The Labute approximate surface area is 163 Å². The Kier molecular flexibility index (Phi) is 4.67. The van der Waals surface area contributed by atoms with Crippen LogP contribution in [0.2, 0.25) is 0 Å². The number of carbonyl (C=O) groups is 1. The molecule has 1 saturated carbocycles. The monoisotopic (exact) mass is 413 g/mol. The molecule has 1 aliphatic carbocycles. The molecule has 4 rings (SSSR count). The van der Waals surface area contributed by atoms with Gasteiger partial charge in [-0.05, 0) is 12.8 Å². The first-order chi connectivity index (χ1) is 13.3. The molecule has 1 aromatic heterocycles. The second-order valence-corrected chi connectivity index (χ2v) is 7.33. The lowest BCUT2D eigenvalue weighted by Crippen LogP contribution is -2.44. The summed E-state index contributed by atoms with van der Waals surface area (Å²) in [4.78, 5) is 25.5. The van der Waals surface area contributed by atoms with E-state index in [0.717, 1.165) is 6.20 Å². The molecular weight excluding hydrogens is 396 g/mol. The third-order valence-corrected chi connectivity index (χ3v) is 5.51. The molecule has 2 aromatic rings. The number of nitrogens with zero attached hydrogens (tertiary/aromatic N) is 2. The van der Waals surface area contributed by atoms with Crippen LogP contribution in [0.1, 0.15) is 29.2 Å². The molecule has 2 aliphatic rings. The molecule has 1 aromatic carbocycles. The number of rotatable bonds is 4. The Hall–Kier alpha value is -2.39. The maximum Gasteiger partial charge on any atom is 0.341 e. The van der Waals surface area contributed by atoms with E-state index in [9.17, 15) is 14.7 Å². The van der Waals surface area contributed by atoms with Gasteiger partial charge in [-0.1, -0.05) is 0 Å². The van der Waals surface area contributed by atoms with Crippen LogP contribution in [-0.4, -0.2) is 47.3 Å². The number of halogens is 3. The lowest BCUT2D eigenvalue weighted by atomic mass is 10.1. The lowest BCUT2D eigenvalue weighted by Gasteiger charge is -2.34. The van der Waals surface area contributed by atoms with Crippen molar-refractivity contribution in [3.8, 4) is 0 Å². The van der Waals surface area contributed by atoms with Crippen LogP contribution in [0.3, 0.4) is 0 Å². The number of aromatic nitrogens is 1. The molecule has 28 heavy (non-hydrogen) atoms. The summed E-state index contributed by atoms with van der Waals surface area (Å²) < 4.78 is 37.5. The van der Waals surface area contributed by atoms with Crippen LogP contribution in [-0.2, 0) is 4.74 Å². The van der Waals surface area contributed by atoms with Gasteiger partial charge in [0.2, 0.25) is 5.43 Å². The van der Waals surface area contributed by atoms with E-state index in [1.807, 2.05) is 0 Å². The number of anilines is 2. The first-order valence-corrected chi connectivity index (χ1v) is 9.39. The molecule has 1 atom stereocenters. The summed E-state index contributed by atoms with van der Waals surface area (Å²) in [7, 11) is 0. The van der Waals surface area contributed by atoms with Gasteiger partial charge >= 0.3 is 5.97 Å². The number of nitrogens with two attached hydrogens (primary N) is 1. The van der Waals surface area contributed by atoms with Crippen molar-refractivity contribution in [2.75, 3.05) is 36.2 Å². The van der Waals surface area contributed by atoms with E-state index in [4.69, 9.17) is 22.1 Å². The molecule has 0 spiro atoms. The van der Waals surface area contributed by atoms with Crippen molar-refractivity contribution < 1.29 is 23.4 Å². The molecule has 1 saturated heterocycles. The molecule has 10 heteroatoms. The normalized spacial score (nSPS) is 20.0. The average Bonchev–Trinajstić information content (AvgIpc) is 3.51. The topological polar surface area (TPSA) is 97.8 Å². The summed E-state index contributed by atoms with van der Waals surface area (Å²) in [6.07, 6.45) is 2.13. The molecule has 150 valence electrons. The number of pyridine rings is 1. The van der Waals surface area contributed by atoms with Crippen molar-refractivity contribution in [3.05, 3.63) is 33.6 Å². The van der Waals surface area contributed by atoms with Gasteiger partial charge < -0.3 is 25.0 Å². The number of nitrogen functional groups attached to an aromatic ring is 1. The van der Waals surface area contributed by atoms with E-state index in [1.54, 1.807) is 0 Å². The van der Waals surface area contributed by atoms with Crippen molar-refractivity contribution >= 4 is 39.8 Å². The highest BCUT2D eigenvalue weighted by molar-refractivity contribution is 6.18. The molecule has 0 bridgehead atoms. The standard InChI is InChI=1S/C18H18ClF2N3O4/c19-5-9-6-23(3-4-28-9)16-12(20)14(22)11-15(13(16)21)24(8-1-2-8)7-10(17(11)25)18(26)27/h7-9H,1-6,22H2,(H,26,27). The smallest absolute Gasteiger partial charge is 0.341 e. The highest BCUT2D eigenvalue weighted by Gasteiger charge is 2.34. The Balaban J connectivity index is 2.02. The Bertz CT molecular complexity index is 1040. The summed E-state index contributed by atoms with van der Waals surface area (Å²) in [5.41, 5.74) is 3.26. The Morgan fingerprint density at radius 2 is 2.07 bits per heavy atom.